The van der Waals surface area contributed by atoms with Crippen molar-refractivity contribution in [3.8, 4) is 0 Å². The summed E-state index contributed by atoms with van der Waals surface area (Å²) >= 11 is 5.61. The summed E-state index contributed by atoms with van der Waals surface area (Å²) in [6.45, 7) is 11.3. The van der Waals surface area contributed by atoms with Crippen LogP contribution in [-0.4, -0.2) is 102 Å². The zero-order valence-electron chi connectivity index (χ0n) is 49.4. The van der Waals surface area contributed by atoms with Gasteiger partial charge in [-0.3, -0.25) is 19.2 Å². The van der Waals surface area contributed by atoms with Crippen molar-refractivity contribution in [3.63, 3.8) is 0 Å². The highest BCUT2D eigenvalue weighted by molar-refractivity contribution is 8.02. The molecule has 9 unspecified atom stereocenters. The molecule has 0 saturated heterocycles. The SMILES string of the molecule is C.C.C[C@@H]1CC2C3CCC4=CC(=O)C=CC4(C)C3[C@@H](O)CC2(C)[C@@]1(OC(=O)c1ccco1)C(=O)CSc1nc2ccccc2s1.C[C@@H]1CC2C3C[C@H](F)C4=CC(=O)C=CC4(C)[C@@]3(F)[C@@H](O)CC2(C)[C@@]1(OC(=O)c1ccco1)C(=O)CSc1nc2ccccc2s1. The highest BCUT2D eigenvalue weighted by Crippen LogP contribution is 2.73. The number of hydrogen-bond acceptors (Lipinski definition) is 18. The Morgan fingerprint density at radius 1 is 0.678 bits per heavy atom. The number of aliphatic hydroxyl groups excluding tert-OH is 2. The Morgan fingerprint density at radius 2 is 1.19 bits per heavy atom. The van der Waals surface area contributed by atoms with Gasteiger partial charge in [-0.1, -0.05) is 115 Å². The minimum atomic E-state index is -2.32. The molecule has 6 aromatic rings. The van der Waals surface area contributed by atoms with Crippen LogP contribution in [0.2, 0.25) is 0 Å². The van der Waals surface area contributed by atoms with Crippen LogP contribution in [0, 0.1) is 63.1 Å². The van der Waals surface area contributed by atoms with Crippen molar-refractivity contribution in [2.75, 3.05) is 11.5 Å². The maximum Gasteiger partial charge on any atom is 0.375 e. The molecule has 4 heterocycles. The molecular formula is C70H76F2N2O12S4. The van der Waals surface area contributed by atoms with Crippen molar-refractivity contribution in [1.82, 2.24) is 9.97 Å². The predicted octanol–water partition coefficient (Wildman–Crippen LogP) is 14.7. The number of ketones is 4. The molecule has 8 aliphatic carbocycles. The standard InChI is InChI=1S/C34H33F2NO6S2.C34H35NO6S2.2CH4/c1-18-13-20-21-15-23(35)22-14-19(38)10-11-31(22,2)33(21,36)27(39)16-32(20,3)34(18,43-29(41)25-8-6-12-42-25)28(40)17-44-30-37-24-7-4-5-9-26(24)45-30;1-19-15-23-22-11-10-20-16-21(36)12-13-32(20,2)29(22)25(37)17-33(23,3)34(19,41-30(39)26-8-6-14-40-26)28(38)18-42-31-35-24-7-4-5-9-27(24)43-31;;/h4-12,14,18,20-21,23,27,39H,13,15-17H2,1-3H3;4-9,12-14,16,19,22-23,25,29,37H,10-11,15,17-18H2,1-3H3;2*1H4/t18-,20?,21?,23+,27+,31?,32?,33+,34+;19-,22?,23?,25+,29?,32?,33?,34+;;/m11../s1. The summed E-state index contributed by atoms with van der Waals surface area (Å²) in [7, 11) is 0. The lowest BCUT2D eigenvalue weighted by Crippen LogP contribution is -2.71. The number of aromatic nitrogens is 2. The number of aliphatic hydroxyl groups is 2. The van der Waals surface area contributed by atoms with E-state index in [1.807, 2.05) is 68.5 Å². The lowest BCUT2D eigenvalue weighted by Gasteiger charge is -2.63. The zero-order chi connectivity index (χ0) is 62.1. The van der Waals surface area contributed by atoms with Gasteiger partial charge in [0.1, 0.15) is 6.17 Å². The van der Waals surface area contributed by atoms with E-state index in [4.69, 9.17) is 23.3 Å². The Bertz CT molecular complexity index is 3880. The summed E-state index contributed by atoms with van der Waals surface area (Å²) < 4.78 is 60.6. The second-order valence-corrected chi connectivity index (χ2v) is 30.9. The van der Waals surface area contributed by atoms with Gasteiger partial charge in [-0.15, -0.1) is 22.7 Å². The Hall–Kier alpha value is -6.16. The molecule has 0 aliphatic heterocycles. The van der Waals surface area contributed by atoms with Crippen LogP contribution in [0.1, 0.15) is 122 Å². The fraction of sp³-hybridized carbons (Fsp3) is 0.486. The average molecular weight is 1300 g/mol. The van der Waals surface area contributed by atoms with Crippen LogP contribution in [0.5, 0.6) is 0 Å². The van der Waals surface area contributed by atoms with E-state index in [9.17, 15) is 39.0 Å². The van der Waals surface area contributed by atoms with Crippen LogP contribution >= 0.6 is 46.2 Å². The number of nitrogens with zero attached hydrogens (tertiary/aromatic N) is 2. The monoisotopic (exact) mass is 1300 g/mol. The van der Waals surface area contributed by atoms with Crippen molar-refractivity contribution in [3.05, 3.63) is 144 Å². The van der Waals surface area contributed by atoms with Gasteiger partial charge in [0.15, 0.2) is 48.7 Å². The Labute approximate surface area is 538 Å². The number of rotatable bonds is 12. The number of esters is 2. The molecule has 14 rings (SSSR count). The summed E-state index contributed by atoms with van der Waals surface area (Å²) in [6, 6.07) is 21.7. The molecule has 476 valence electrons. The fourth-order valence-electron chi connectivity index (χ4n) is 18.4. The minimum absolute atomic E-state index is 0. The molecule has 2 N–H and O–H groups in total. The molecule has 90 heavy (non-hydrogen) atoms. The summed E-state index contributed by atoms with van der Waals surface area (Å²) in [5.41, 5.74) is -6.76. The van der Waals surface area contributed by atoms with Crippen molar-refractivity contribution >= 4 is 102 Å². The van der Waals surface area contributed by atoms with Crippen LogP contribution in [0.15, 0.2) is 150 Å². The van der Waals surface area contributed by atoms with Crippen LogP contribution in [-0.2, 0) is 28.7 Å². The fourth-order valence-corrected chi connectivity index (χ4v) is 22.4. The van der Waals surface area contributed by atoms with E-state index in [1.54, 1.807) is 49.5 Å². The highest BCUT2D eigenvalue weighted by Gasteiger charge is 2.78. The number of ether oxygens (including phenoxy) is 2. The molecule has 8 aliphatic rings. The molecule has 17 atom stereocenters. The summed E-state index contributed by atoms with van der Waals surface area (Å²) in [6.07, 6.45) is 10.3. The molecule has 0 radical (unpaired) electrons. The molecule has 6 fully saturated rings. The predicted molar refractivity (Wildman–Crippen MR) is 344 cm³/mol. The lowest BCUT2D eigenvalue weighted by molar-refractivity contribution is -0.222. The number of hydrogen-bond donors (Lipinski definition) is 2. The van der Waals surface area contributed by atoms with E-state index < -0.39 is 92.4 Å². The number of allylic oxidation sites excluding steroid dienone is 8. The largest absolute Gasteiger partial charge is 0.457 e. The van der Waals surface area contributed by atoms with Crippen LogP contribution in [0.25, 0.3) is 20.4 Å². The van der Waals surface area contributed by atoms with E-state index >= 15 is 8.78 Å². The van der Waals surface area contributed by atoms with Gasteiger partial charge < -0.3 is 28.5 Å². The van der Waals surface area contributed by atoms with E-state index in [1.165, 1.54) is 78.6 Å². The van der Waals surface area contributed by atoms with Crippen LogP contribution in [0.4, 0.5) is 8.78 Å². The Morgan fingerprint density at radius 3 is 1.72 bits per heavy atom. The Balaban J connectivity index is 0.000000181. The van der Waals surface area contributed by atoms with E-state index in [-0.39, 0.29) is 104 Å². The number of benzene rings is 2. The molecule has 0 amide bonds. The number of Topliss-reactive ketones (excluding diaryl/α,β-unsaturated/α-hetero) is 2. The third-order valence-electron chi connectivity index (χ3n) is 22.2. The van der Waals surface area contributed by atoms with E-state index in [0.717, 1.165) is 49.3 Å². The highest BCUT2D eigenvalue weighted by atomic mass is 32.2. The molecule has 4 aromatic heterocycles. The maximum absolute atomic E-state index is 17.7. The van der Waals surface area contributed by atoms with Crippen molar-refractivity contribution in [1.29, 1.82) is 0 Å². The number of carbonyl (C=O) groups is 6. The second-order valence-electron chi connectivity index (χ2n) is 26.4. The first-order valence-corrected chi connectivity index (χ1v) is 33.7. The van der Waals surface area contributed by atoms with Gasteiger partial charge in [0.2, 0.25) is 11.5 Å². The number of thioether (sulfide) groups is 2. The average Bonchev–Trinajstić information content (AvgIpc) is 1.34. The van der Waals surface area contributed by atoms with Gasteiger partial charge in [-0.2, -0.15) is 0 Å². The molecular weight excluding hydrogens is 1230 g/mol. The number of alkyl halides is 2. The number of carbonyl (C=O) groups excluding carboxylic acids is 6. The summed E-state index contributed by atoms with van der Waals surface area (Å²) in [5.74, 6) is -4.94. The van der Waals surface area contributed by atoms with Gasteiger partial charge >= 0.3 is 11.9 Å². The minimum Gasteiger partial charge on any atom is -0.457 e. The molecule has 6 saturated carbocycles. The zero-order valence-corrected chi connectivity index (χ0v) is 52.7. The third-order valence-corrected chi connectivity index (χ3v) is 26.5. The number of thiazole rings is 2. The van der Waals surface area contributed by atoms with Gasteiger partial charge in [0.05, 0.1) is 56.7 Å². The number of furan rings is 2. The first-order chi connectivity index (χ1) is 41.9. The number of halogens is 2. The molecule has 2 aromatic carbocycles. The molecule has 20 heteroatoms. The van der Waals surface area contributed by atoms with Crippen molar-refractivity contribution in [2.45, 2.75) is 145 Å². The first-order valence-electron chi connectivity index (χ1n) is 30.1. The van der Waals surface area contributed by atoms with Gasteiger partial charge in [-0.05, 0) is 148 Å². The summed E-state index contributed by atoms with van der Waals surface area (Å²) in [4.78, 5) is 90.1. The van der Waals surface area contributed by atoms with Crippen molar-refractivity contribution < 1.29 is 66.1 Å². The van der Waals surface area contributed by atoms with Crippen LogP contribution < -0.4 is 0 Å². The second kappa shape index (κ2) is 23.8. The van der Waals surface area contributed by atoms with Crippen molar-refractivity contribution in [2.24, 2.45) is 63.1 Å². The van der Waals surface area contributed by atoms with E-state index in [2.05, 4.69) is 11.9 Å². The van der Waals surface area contributed by atoms with Crippen LogP contribution in [0.3, 0.4) is 0 Å². The number of para-hydroxylation sites is 2. The third kappa shape index (κ3) is 9.78. The smallest absolute Gasteiger partial charge is 0.375 e. The molecule has 14 nitrogen and oxygen atoms in total. The quantitative estimate of drug-likeness (QED) is 0.0861. The van der Waals surface area contributed by atoms with Gasteiger partial charge in [-0.25, -0.2) is 28.3 Å². The Kier molecular flexibility index (Phi) is 17.2. The van der Waals surface area contributed by atoms with Gasteiger partial charge in [0.25, 0.3) is 0 Å². The summed E-state index contributed by atoms with van der Waals surface area (Å²) in [5, 5.41) is 23.8. The van der Waals surface area contributed by atoms with Gasteiger partial charge in [0, 0.05) is 45.3 Å². The first kappa shape index (κ1) is 65.3. The molecule has 0 bridgehead atoms. The molecule has 0 spiro atoms. The van der Waals surface area contributed by atoms with E-state index in [0.29, 0.717) is 17.2 Å². The maximum atomic E-state index is 17.7. The number of fused-ring (bicyclic) bond motifs is 12. The normalized spacial score (nSPS) is 36.8. The topological polar surface area (TPSA) is 213 Å². The lowest BCUT2D eigenvalue weighted by atomic mass is 9.44.